The van der Waals surface area contributed by atoms with Crippen LogP contribution in [0, 0.1) is 0 Å². The normalized spacial score (nSPS) is 11.6. The summed E-state index contributed by atoms with van der Waals surface area (Å²) in [6.45, 7) is 43.9. The van der Waals surface area contributed by atoms with Crippen molar-refractivity contribution in [2.45, 2.75) is 144 Å². The highest BCUT2D eigenvalue weighted by molar-refractivity contribution is 5.56. The number of likely N-dealkylation sites (tertiary alicyclic amines) is 1. The number of piperidine rings is 1. The summed E-state index contributed by atoms with van der Waals surface area (Å²) < 4.78 is 0. The lowest BCUT2D eigenvalue weighted by molar-refractivity contribution is 0.277. The van der Waals surface area contributed by atoms with Gasteiger partial charge in [-0.15, -0.1) is 0 Å². The molecular weight excluding hydrogens is 582 g/mol. The third kappa shape index (κ3) is 99.1. The van der Waals surface area contributed by atoms with Crippen LogP contribution in [0.3, 0.4) is 0 Å². The number of aromatic nitrogens is 4. The van der Waals surface area contributed by atoms with Gasteiger partial charge in [0.25, 0.3) is 0 Å². The molecule has 47 heavy (non-hydrogen) atoms. The number of hydrogen-bond acceptors (Lipinski definition) is 9. The Balaban J connectivity index is -0.0000000492. The highest BCUT2D eigenvalue weighted by atomic mass is 15.1. The van der Waals surface area contributed by atoms with Crippen molar-refractivity contribution in [3.05, 3.63) is 49.3 Å². The van der Waals surface area contributed by atoms with Crippen LogP contribution in [-0.2, 0) is 0 Å². The molecule has 9 nitrogen and oxygen atoms in total. The molecule has 2 aromatic heterocycles. The maximum Gasteiger partial charge on any atom is 0.115 e. The van der Waals surface area contributed by atoms with Gasteiger partial charge in [-0.2, -0.15) is 10.2 Å². The van der Waals surface area contributed by atoms with Crippen molar-refractivity contribution in [3.63, 3.8) is 0 Å². The van der Waals surface area contributed by atoms with Crippen molar-refractivity contribution in [3.8, 4) is 0 Å². The summed E-state index contributed by atoms with van der Waals surface area (Å²) in [6, 6.07) is 5.43. The molecule has 0 unspecified atom stereocenters. The van der Waals surface area contributed by atoms with E-state index in [2.05, 4.69) is 53.1 Å². The molecule has 5 heterocycles. The maximum absolute atomic E-state index is 3.85. The summed E-state index contributed by atoms with van der Waals surface area (Å²) in [4.78, 5) is 13.6. The lowest BCUT2D eigenvalue weighted by Gasteiger charge is -2.20. The molecule has 0 radical (unpaired) electrons. The van der Waals surface area contributed by atoms with Gasteiger partial charge in [0.05, 0.1) is 12.9 Å². The zero-order valence-corrected chi connectivity index (χ0v) is 35.5. The number of nitrogens with zero attached hydrogens (tertiary/aromatic N) is 6. The highest BCUT2D eigenvalue weighted by Gasteiger charge is 2.02. The fourth-order valence-corrected chi connectivity index (χ4v) is 2.32. The summed E-state index contributed by atoms with van der Waals surface area (Å²) in [5.74, 6) is 0. The first-order valence-electron chi connectivity index (χ1n) is 19.1. The van der Waals surface area contributed by atoms with Crippen molar-refractivity contribution in [2.24, 2.45) is 4.99 Å². The van der Waals surface area contributed by atoms with Gasteiger partial charge in [-0.3, -0.25) is 4.99 Å². The van der Waals surface area contributed by atoms with E-state index in [-0.39, 0.29) is 0 Å². The van der Waals surface area contributed by atoms with Crippen LogP contribution in [0.15, 0.2) is 54.3 Å². The predicted octanol–water partition coefficient (Wildman–Crippen LogP) is 10.0. The molecule has 0 atom stereocenters. The second kappa shape index (κ2) is 104. The van der Waals surface area contributed by atoms with Crippen molar-refractivity contribution >= 4 is 6.34 Å². The molecule has 0 spiro atoms. The Bertz CT molecular complexity index is 467. The Labute approximate surface area is 298 Å². The first-order chi connectivity index (χ1) is 23.4. The van der Waals surface area contributed by atoms with E-state index in [0.717, 1.165) is 32.8 Å². The molecule has 9 heteroatoms. The molecule has 2 aromatic rings. The van der Waals surface area contributed by atoms with Crippen LogP contribution in [0.25, 0.3) is 0 Å². The molecule has 0 aliphatic carbocycles. The van der Waals surface area contributed by atoms with Gasteiger partial charge in [0.2, 0.25) is 0 Å². The summed E-state index contributed by atoms with van der Waals surface area (Å²) in [6.07, 6.45) is 14.2. The van der Waals surface area contributed by atoms with Crippen LogP contribution in [-0.4, -0.2) is 84.4 Å². The van der Waals surface area contributed by atoms with Crippen LogP contribution < -0.4 is 16.0 Å². The first-order valence-corrected chi connectivity index (χ1v) is 19.1. The minimum absolute atomic E-state index is 0.958. The topological polar surface area (TPSA) is 103 Å². The van der Waals surface area contributed by atoms with E-state index in [4.69, 9.17) is 0 Å². The van der Waals surface area contributed by atoms with Crippen molar-refractivity contribution in [1.29, 1.82) is 0 Å². The molecule has 3 aliphatic heterocycles. The van der Waals surface area contributed by atoms with Crippen molar-refractivity contribution in [2.75, 3.05) is 53.0 Å². The lowest BCUT2D eigenvalue weighted by atomic mass is 10.1. The first kappa shape index (κ1) is 66.8. The monoisotopic (exact) mass is 672 g/mol. The fourth-order valence-electron chi connectivity index (χ4n) is 2.32. The average molecular weight is 672 g/mol. The Morgan fingerprint density at radius 3 is 1.02 bits per heavy atom. The molecule has 0 bridgehead atoms. The quantitative estimate of drug-likeness (QED) is 0.254. The van der Waals surface area contributed by atoms with E-state index in [1.54, 1.807) is 37.2 Å². The maximum atomic E-state index is 3.85. The molecule has 3 aliphatic rings. The van der Waals surface area contributed by atoms with E-state index >= 15 is 0 Å². The fraction of sp³-hybridized carbons (Fsp3) is 0.763. The SMILES string of the molecule is C1=NCCN1.C1CNCN1.CC.CC.CC.CC.CC.CC.CC.CC.CC.CN1CCCCC1.c1ccnnc1.c1cncnc1. The summed E-state index contributed by atoms with van der Waals surface area (Å²) in [5.41, 5.74) is 0. The average Bonchev–Trinajstić information content (AvgIpc) is 4.02. The van der Waals surface area contributed by atoms with Crippen LogP contribution in [0.1, 0.15) is 144 Å². The highest BCUT2D eigenvalue weighted by Crippen LogP contribution is 2.04. The molecule has 3 N–H and O–H groups in total. The second-order valence-corrected chi connectivity index (χ2v) is 6.35. The molecule has 0 amide bonds. The van der Waals surface area contributed by atoms with E-state index < -0.39 is 0 Å². The van der Waals surface area contributed by atoms with Gasteiger partial charge in [0, 0.05) is 51.1 Å². The minimum atomic E-state index is 0.958. The Hall–Kier alpha value is -2.49. The van der Waals surface area contributed by atoms with E-state index in [1.807, 2.05) is 137 Å². The van der Waals surface area contributed by atoms with E-state index in [0.29, 0.717) is 0 Å². The van der Waals surface area contributed by atoms with Crippen LogP contribution in [0.5, 0.6) is 0 Å². The number of aliphatic imine (C=N–C) groups is 1. The third-order valence-corrected chi connectivity index (χ3v) is 3.84. The van der Waals surface area contributed by atoms with Crippen LogP contribution >= 0.6 is 0 Å². The largest absolute Gasteiger partial charge is 0.375 e. The van der Waals surface area contributed by atoms with Gasteiger partial charge in [-0.1, -0.05) is 131 Å². The van der Waals surface area contributed by atoms with E-state index in [1.165, 1.54) is 38.7 Å². The second-order valence-electron chi connectivity index (χ2n) is 6.35. The van der Waals surface area contributed by atoms with Gasteiger partial charge >= 0.3 is 0 Å². The molecule has 0 saturated carbocycles. The standard InChI is InChI=1S/C6H13N.2C4H4N2.C3H8N2.C3H6N2.9C2H6/c1-7-5-3-2-4-6-7;1-2-5-4-6-3-1;1-2-4-6-5-3-1;2*1-2-5-3-4-1;9*1-2/h2-6H2,1H3;2*1-4H;4-5H,1-3H2;3H,1-2H2,(H,4,5);9*1-2H3. The number of rotatable bonds is 0. The lowest BCUT2D eigenvalue weighted by Crippen LogP contribution is -2.24. The van der Waals surface area contributed by atoms with Gasteiger partial charge in [0.1, 0.15) is 6.33 Å². The Morgan fingerprint density at radius 2 is 0.894 bits per heavy atom. The van der Waals surface area contributed by atoms with E-state index in [9.17, 15) is 0 Å². The van der Waals surface area contributed by atoms with Crippen LogP contribution in [0.4, 0.5) is 0 Å². The van der Waals surface area contributed by atoms with Gasteiger partial charge in [-0.05, 0) is 51.2 Å². The molecule has 2 saturated heterocycles. The minimum Gasteiger partial charge on any atom is -0.375 e. The number of nitrogens with one attached hydrogen (secondary N) is 3. The summed E-state index contributed by atoms with van der Waals surface area (Å²) >= 11 is 0. The Kier molecular flexibility index (Phi) is 148. The predicted molar refractivity (Wildman–Crippen MR) is 220 cm³/mol. The summed E-state index contributed by atoms with van der Waals surface area (Å²) in [5, 5.41) is 16.2. The zero-order chi connectivity index (χ0) is 38.7. The van der Waals surface area contributed by atoms with Crippen molar-refractivity contribution < 1.29 is 0 Å². The molecular formula is C38H89N9. The molecule has 0 aromatic carbocycles. The molecule has 2 fully saturated rings. The molecule has 286 valence electrons. The Morgan fingerprint density at radius 1 is 0.489 bits per heavy atom. The van der Waals surface area contributed by atoms with Gasteiger partial charge in [0.15, 0.2) is 0 Å². The smallest absolute Gasteiger partial charge is 0.115 e. The molecule has 5 rings (SSSR count). The summed E-state index contributed by atoms with van der Waals surface area (Å²) in [7, 11) is 2.19. The van der Waals surface area contributed by atoms with Crippen LogP contribution in [0.2, 0.25) is 0 Å². The van der Waals surface area contributed by atoms with Gasteiger partial charge < -0.3 is 20.9 Å². The van der Waals surface area contributed by atoms with Gasteiger partial charge in [-0.25, -0.2) is 9.97 Å². The third-order valence-electron chi connectivity index (χ3n) is 3.84. The van der Waals surface area contributed by atoms with Crippen molar-refractivity contribution in [1.82, 2.24) is 41.0 Å². The number of hydrogen-bond donors (Lipinski definition) is 3. The zero-order valence-electron chi connectivity index (χ0n) is 35.5.